The second-order valence-electron chi connectivity index (χ2n) is 6.51. The summed E-state index contributed by atoms with van der Waals surface area (Å²) in [6, 6.07) is 9.31. The largest absolute Gasteiger partial charge is 0.392 e. The minimum absolute atomic E-state index is 0.0430. The molecule has 3 rings (SSSR count). The lowest BCUT2D eigenvalue weighted by Gasteiger charge is -2.27. The van der Waals surface area contributed by atoms with Gasteiger partial charge in [-0.25, -0.2) is 5.43 Å². The molecule has 1 aromatic carbocycles. The molecular weight excluding hydrogens is 305 g/mol. The number of fused-ring (bicyclic) bond motifs is 2. The first kappa shape index (κ1) is 16.0. The van der Waals surface area contributed by atoms with Crippen molar-refractivity contribution >= 4 is 12.1 Å². The second-order valence-corrected chi connectivity index (χ2v) is 6.51. The number of carbonyl (C=O) groups is 1. The Morgan fingerprint density at radius 2 is 1.91 bits per heavy atom. The van der Waals surface area contributed by atoms with Crippen LogP contribution in [0.1, 0.15) is 24.8 Å². The Balaban J connectivity index is 1.47. The van der Waals surface area contributed by atoms with Crippen molar-refractivity contribution in [3.8, 4) is 0 Å². The Bertz CT molecular complexity index is 585. The van der Waals surface area contributed by atoms with Crippen molar-refractivity contribution in [2.24, 2.45) is 28.8 Å². The van der Waals surface area contributed by atoms with E-state index in [1.165, 1.54) is 0 Å². The van der Waals surface area contributed by atoms with E-state index in [-0.39, 0.29) is 36.5 Å². The van der Waals surface area contributed by atoms with Crippen molar-refractivity contribution in [2.45, 2.75) is 31.9 Å². The highest BCUT2D eigenvalue weighted by molar-refractivity contribution is 5.79. The number of nitrogens with one attached hydrogen (secondary N) is 1. The van der Waals surface area contributed by atoms with Crippen LogP contribution in [0.15, 0.2) is 35.4 Å². The van der Waals surface area contributed by atoms with Gasteiger partial charge < -0.3 is 0 Å². The zero-order valence-electron chi connectivity index (χ0n) is 12.6. The average molecular weight is 324 g/mol. The standard InChI is InChI=1S/C17H19F3N2O/c18-17(19,20)15-9-12-7-13(15)8-14(12)10-21-22-16(23)6-11-4-2-1-3-5-11/h1-5,10,12-15H,6-9H2,(H,22,23)/b21-10-/t12-,13+,14-,15+/m1/s1. The quantitative estimate of drug-likeness (QED) is 0.668. The molecule has 0 spiro atoms. The van der Waals surface area contributed by atoms with Gasteiger partial charge in [0.15, 0.2) is 0 Å². The lowest BCUT2D eigenvalue weighted by atomic mass is 9.82. The number of hydrazone groups is 1. The lowest BCUT2D eigenvalue weighted by Crippen LogP contribution is -2.31. The summed E-state index contributed by atoms with van der Waals surface area (Å²) in [5, 5.41) is 3.95. The fraction of sp³-hybridized carbons (Fsp3) is 0.529. The van der Waals surface area contributed by atoms with Crippen LogP contribution >= 0.6 is 0 Å². The SMILES string of the molecule is O=C(Cc1ccccc1)N/N=C\[C@H]1C[C@@H]2C[C@@H]1C[C@@H]2C(F)(F)F. The Kier molecular flexibility index (Phi) is 4.41. The Morgan fingerprint density at radius 1 is 1.17 bits per heavy atom. The van der Waals surface area contributed by atoms with Gasteiger partial charge >= 0.3 is 6.18 Å². The lowest BCUT2D eigenvalue weighted by molar-refractivity contribution is -0.187. The van der Waals surface area contributed by atoms with Gasteiger partial charge in [-0.3, -0.25) is 4.79 Å². The molecule has 0 aliphatic heterocycles. The summed E-state index contributed by atoms with van der Waals surface area (Å²) in [7, 11) is 0. The Labute approximate surface area is 133 Å². The number of nitrogens with zero attached hydrogens (tertiary/aromatic N) is 1. The first-order valence-corrected chi connectivity index (χ1v) is 7.86. The number of halogens is 3. The van der Waals surface area contributed by atoms with Crippen molar-refractivity contribution in [1.29, 1.82) is 0 Å². The van der Waals surface area contributed by atoms with Crippen LogP contribution in [0, 0.1) is 23.7 Å². The molecule has 1 N–H and O–H groups in total. The third kappa shape index (κ3) is 3.74. The third-order valence-corrected chi connectivity index (χ3v) is 4.99. The molecule has 2 bridgehead atoms. The maximum absolute atomic E-state index is 12.8. The topological polar surface area (TPSA) is 41.5 Å². The van der Waals surface area contributed by atoms with Gasteiger partial charge in [-0.2, -0.15) is 18.3 Å². The minimum Gasteiger partial charge on any atom is -0.273 e. The summed E-state index contributed by atoms with van der Waals surface area (Å²) < 4.78 is 38.5. The minimum atomic E-state index is -4.08. The Hall–Kier alpha value is -1.85. The molecule has 124 valence electrons. The van der Waals surface area contributed by atoms with Crippen LogP contribution in [0.2, 0.25) is 0 Å². The van der Waals surface area contributed by atoms with Crippen LogP contribution in [0.25, 0.3) is 0 Å². The van der Waals surface area contributed by atoms with E-state index in [9.17, 15) is 18.0 Å². The average Bonchev–Trinajstić information content (AvgIpc) is 3.08. The molecule has 2 aliphatic carbocycles. The van der Waals surface area contributed by atoms with Crippen LogP contribution in [0.4, 0.5) is 13.2 Å². The molecular formula is C17H19F3N2O. The van der Waals surface area contributed by atoms with E-state index < -0.39 is 12.1 Å². The van der Waals surface area contributed by atoms with Crippen LogP contribution in [0.3, 0.4) is 0 Å². The fourth-order valence-electron chi connectivity index (χ4n) is 3.93. The number of hydrogen-bond acceptors (Lipinski definition) is 2. The molecule has 0 aromatic heterocycles. The monoisotopic (exact) mass is 324 g/mol. The molecule has 6 heteroatoms. The van der Waals surface area contributed by atoms with E-state index in [1.807, 2.05) is 30.3 Å². The van der Waals surface area contributed by atoms with Gasteiger partial charge in [0.2, 0.25) is 5.91 Å². The van der Waals surface area contributed by atoms with Gasteiger partial charge in [0.05, 0.1) is 12.3 Å². The van der Waals surface area contributed by atoms with Crippen LogP contribution in [-0.4, -0.2) is 18.3 Å². The molecule has 0 heterocycles. The molecule has 0 radical (unpaired) electrons. The van der Waals surface area contributed by atoms with Gasteiger partial charge in [-0.1, -0.05) is 30.3 Å². The number of benzene rings is 1. The van der Waals surface area contributed by atoms with Gasteiger partial charge in [0.1, 0.15) is 0 Å². The molecule has 1 amide bonds. The maximum Gasteiger partial charge on any atom is 0.392 e. The zero-order valence-corrected chi connectivity index (χ0v) is 12.6. The summed E-state index contributed by atoms with van der Waals surface area (Å²) in [5.41, 5.74) is 3.36. The van der Waals surface area contributed by atoms with Crippen LogP contribution in [-0.2, 0) is 11.2 Å². The highest BCUT2D eigenvalue weighted by Gasteiger charge is 2.55. The van der Waals surface area contributed by atoms with E-state index in [0.717, 1.165) is 5.56 Å². The number of hydrogen-bond donors (Lipinski definition) is 1. The predicted molar refractivity (Wildman–Crippen MR) is 80.6 cm³/mol. The molecule has 2 saturated carbocycles. The number of carbonyl (C=O) groups excluding carboxylic acids is 1. The van der Waals surface area contributed by atoms with Gasteiger partial charge in [0, 0.05) is 6.21 Å². The normalized spacial score (nSPS) is 30.0. The second kappa shape index (κ2) is 6.34. The van der Waals surface area contributed by atoms with Gasteiger partial charge in [-0.15, -0.1) is 0 Å². The van der Waals surface area contributed by atoms with Crippen molar-refractivity contribution in [1.82, 2.24) is 5.43 Å². The summed E-state index contributed by atoms with van der Waals surface area (Å²) in [4.78, 5) is 11.8. The van der Waals surface area contributed by atoms with E-state index >= 15 is 0 Å². The highest BCUT2D eigenvalue weighted by atomic mass is 19.4. The molecule has 1 aromatic rings. The van der Waals surface area contributed by atoms with Crippen molar-refractivity contribution in [3.05, 3.63) is 35.9 Å². The molecule has 0 saturated heterocycles. The molecule has 4 atom stereocenters. The van der Waals surface area contributed by atoms with E-state index in [4.69, 9.17) is 0 Å². The van der Waals surface area contributed by atoms with E-state index in [1.54, 1.807) is 6.21 Å². The fourth-order valence-corrected chi connectivity index (χ4v) is 3.93. The smallest absolute Gasteiger partial charge is 0.273 e. The molecule has 2 aliphatic rings. The number of amides is 1. The first-order chi connectivity index (χ1) is 10.9. The predicted octanol–water partition coefficient (Wildman–Crippen LogP) is 3.56. The molecule has 23 heavy (non-hydrogen) atoms. The van der Waals surface area contributed by atoms with E-state index in [0.29, 0.717) is 12.8 Å². The van der Waals surface area contributed by atoms with Gasteiger partial charge in [-0.05, 0) is 42.6 Å². The van der Waals surface area contributed by atoms with Crippen LogP contribution < -0.4 is 5.43 Å². The van der Waals surface area contributed by atoms with Crippen molar-refractivity contribution in [3.63, 3.8) is 0 Å². The number of rotatable bonds is 4. The van der Waals surface area contributed by atoms with Crippen molar-refractivity contribution < 1.29 is 18.0 Å². The van der Waals surface area contributed by atoms with E-state index in [2.05, 4.69) is 10.5 Å². The van der Waals surface area contributed by atoms with Gasteiger partial charge in [0.25, 0.3) is 0 Å². The molecule has 0 unspecified atom stereocenters. The molecule has 2 fully saturated rings. The summed E-state index contributed by atoms with van der Waals surface area (Å²) >= 11 is 0. The maximum atomic E-state index is 12.8. The first-order valence-electron chi connectivity index (χ1n) is 7.86. The van der Waals surface area contributed by atoms with Crippen LogP contribution in [0.5, 0.6) is 0 Å². The third-order valence-electron chi connectivity index (χ3n) is 4.99. The van der Waals surface area contributed by atoms with Crippen molar-refractivity contribution in [2.75, 3.05) is 0 Å². The summed E-state index contributed by atoms with van der Waals surface area (Å²) in [6.07, 6.45) is -0.870. The molecule has 3 nitrogen and oxygen atoms in total. The summed E-state index contributed by atoms with van der Waals surface area (Å²) in [5.74, 6) is -1.55. The Morgan fingerprint density at radius 3 is 2.52 bits per heavy atom. The summed E-state index contributed by atoms with van der Waals surface area (Å²) in [6.45, 7) is 0. The number of alkyl halides is 3. The highest BCUT2D eigenvalue weighted by Crippen LogP contribution is 2.56. The zero-order chi connectivity index (χ0) is 16.4.